The average molecular weight is 230 g/mol. The molecule has 0 unspecified atom stereocenters. The maximum Gasteiger partial charge on any atom is 0.202 e. The molecule has 0 saturated heterocycles. The van der Waals surface area contributed by atoms with Crippen LogP contribution in [0.2, 0.25) is 0 Å². The van der Waals surface area contributed by atoms with Gasteiger partial charge in [-0.3, -0.25) is 4.79 Å². The van der Waals surface area contributed by atoms with Crippen LogP contribution in [-0.2, 0) is 6.42 Å². The number of carbonyl (C=O) groups excluding carboxylic acids is 1. The van der Waals surface area contributed by atoms with E-state index in [1.54, 1.807) is 0 Å². The van der Waals surface area contributed by atoms with Crippen LogP contribution >= 0.6 is 11.3 Å². The second-order valence-electron chi connectivity index (χ2n) is 3.73. The summed E-state index contributed by atoms with van der Waals surface area (Å²) in [7, 11) is 0. The highest BCUT2D eigenvalue weighted by molar-refractivity contribution is 7.12. The largest absolute Gasteiger partial charge is 0.493 e. The molecule has 3 heteroatoms. The third kappa shape index (κ3) is 1.53. The molecular weight excluding hydrogens is 220 g/mol. The third-order valence-electron chi connectivity index (χ3n) is 2.70. The van der Waals surface area contributed by atoms with Crippen LogP contribution in [0.4, 0.5) is 0 Å². The Labute approximate surface area is 97.5 Å². The first-order valence-corrected chi connectivity index (χ1v) is 6.06. The summed E-state index contributed by atoms with van der Waals surface area (Å²) in [5.74, 6) is 1.02. The minimum Gasteiger partial charge on any atom is -0.493 e. The Bertz CT molecular complexity index is 529. The fraction of sp³-hybridized carbons (Fsp3) is 0.154. The zero-order chi connectivity index (χ0) is 11.0. The second kappa shape index (κ2) is 3.76. The van der Waals surface area contributed by atoms with Crippen LogP contribution in [0.3, 0.4) is 0 Å². The number of hydrogen-bond acceptors (Lipinski definition) is 3. The molecule has 0 fully saturated rings. The first-order chi connectivity index (χ1) is 7.84. The summed E-state index contributed by atoms with van der Waals surface area (Å²) in [5, 5.41) is 1.92. The van der Waals surface area contributed by atoms with E-state index in [9.17, 15) is 4.79 Å². The van der Waals surface area contributed by atoms with Gasteiger partial charge in [0.15, 0.2) is 0 Å². The molecule has 16 heavy (non-hydrogen) atoms. The van der Waals surface area contributed by atoms with E-state index in [2.05, 4.69) is 0 Å². The van der Waals surface area contributed by atoms with Crippen molar-refractivity contribution in [2.45, 2.75) is 6.42 Å². The predicted octanol–water partition coefficient (Wildman–Crippen LogP) is 2.91. The summed E-state index contributed by atoms with van der Waals surface area (Å²) in [5.41, 5.74) is 1.90. The van der Waals surface area contributed by atoms with E-state index in [0.717, 1.165) is 34.8 Å². The minimum atomic E-state index is 0.102. The van der Waals surface area contributed by atoms with Crippen LogP contribution < -0.4 is 4.74 Å². The summed E-state index contributed by atoms with van der Waals surface area (Å²) in [6.45, 7) is 0.728. The van der Waals surface area contributed by atoms with Gasteiger partial charge in [0, 0.05) is 12.0 Å². The normalized spacial score (nSPS) is 13.2. The molecule has 1 aromatic carbocycles. The van der Waals surface area contributed by atoms with E-state index in [4.69, 9.17) is 4.74 Å². The highest BCUT2D eigenvalue weighted by Crippen LogP contribution is 2.27. The fourth-order valence-electron chi connectivity index (χ4n) is 1.88. The molecule has 2 nitrogen and oxygen atoms in total. The molecule has 0 atom stereocenters. The van der Waals surface area contributed by atoms with Gasteiger partial charge < -0.3 is 4.74 Å². The van der Waals surface area contributed by atoms with Crippen molar-refractivity contribution in [3.63, 3.8) is 0 Å². The molecule has 1 aliphatic rings. The number of fused-ring (bicyclic) bond motifs is 1. The highest BCUT2D eigenvalue weighted by Gasteiger charge is 2.16. The van der Waals surface area contributed by atoms with Crippen LogP contribution in [0.25, 0.3) is 0 Å². The SMILES string of the molecule is O=C(c1ccc2c(c1)CCO2)c1cccs1. The molecule has 1 aliphatic heterocycles. The second-order valence-corrected chi connectivity index (χ2v) is 4.68. The van der Waals surface area contributed by atoms with Gasteiger partial charge in [-0.05, 0) is 35.2 Å². The van der Waals surface area contributed by atoms with Gasteiger partial charge in [0.2, 0.25) is 5.78 Å². The van der Waals surface area contributed by atoms with E-state index in [0.29, 0.717) is 0 Å². The summed E-state index contributed by atoms with van der Waals surface area (Å²) >= 11 is 1.48. The van der Waals surface area contributed by atoms with Gasteiger partial charge in [0.25, 0.3) is 0 Å². The number of carbonyl (C=O) groups is 1. The van der Waals surface area contributed by atoms with Gasteiger partial charge in [-0.2, -0.15) is 0 Å². The van der Waals surface area contributed by atoms with Crippen LogP contribution in [-0.4, -0.2) is 12.4 Å². The molecule has 80 valence electrons. The summed E-state index contributed by atoms with van der Waals surface area (Å²) in [6.07, 6.45) is 0.904. The van der Waals surface area contributed by atoms with Crippen LogP contribution in [0.1, 0.15) is 20.8 Å². The Morgan fingerprint density at radius 2 is 2.25 bits per heavy atom. The Morgan fingerprint density at radius 1 is 1.31 bits per heavy atom. The van der Waals surface area contributed by atoms with Gasteiger partial charge in [-0.15, -0.1) is 11.3 Å². The zero-order valence-electron chi connectivity index (χ0n) is 8.60. The molecule has 0 saturated carbocycles. The predicted molar refractivity (Wildman–Crippen MR) is 63.4 cm³/mol. The van der Waals surface area contributed by atoms with E-state index < -0.39 is 0 Å². The Kier molecular flexibility index (Phi) is 2.26. The van der Waals surface area contributed by atoms with E-state index in [1.165, 1.54) is 11.3 Å². The molecule has 3 rings (SSSR count). The molecule has 2 aromatic rings. The maximum atomic E-state index is 12.1. The fourth-order valence-corrected chi connectivity index (χ4v) is 2.56. The molecule has 0 N–H and O–H groups in total. The van der Waals surface area contributed by atoms with Crippen molar-refractivity contribution in [3.05, 3.63) is 51.7 Å². The average Bonchev–Trinajstić information content (AvgIpc) is 2.98. The molecule has 0 aliphatic carbocycles. The Balaban J connectivity index is 1.99. The first-order valence-electron chi connectivity index (χ1n) is 5.18. The van der Waals surface area contributed by atoms with E-state index >= 15 is 0 Å². The van der Waals surface area contributed by atoms with Gasteiger partial charge in [-0.25, -0.2) is 0 Å². The molecule has 0 amide bonds. The zero-order valence-corrected chi connectivity index (χ0v) is 9.42. The summed E-state index contributed by atoms with van der Waals surface area (Å²) in [6, 6.07) is 9.44. The lowest BCUT2D eigenvalue weighted by atomic mass is 10.0. The molecule has 0 bridgehead atoms. The lowest BCUT2D eigenvalue weighted by Crippen LogP contribution is -1.98. The first kappa shape index (κ1) is 9.60. The Morgan fingerprint density at radius 3 is 3.06 bits per heavy atom. The van der Waals surface area contributed by atoms with Crippen molar-refractivity contribution in [2.75, 3.05) is 6.61 Å². The standard InChI is InChI=1S/C13H10O2S/c14-13(12-2-1-7-16-12)10-3-4-11-9(8-10)5-6-15-11/h1-4,7-8H,5-6H2. The van der Waals surface area contributed by atoms with Crippen LogP contribution in [0, 0.1) is 0 Å². The van der Waals surface area contributed by atoms with Crippen molar-refractivity contribution < 1.29 is 9.53 Å². The van der Waals surface area contributed by atoms with E-state index in [-0.39, 0.29) is 5.78 Å². The number of ketones is 1. The van der Waals surface area contributed by atoms with Crippen LogP contribution in [0.5, 0.6) is 5.75 Å². The van der Waals surface area contributed by atoms with Gasteiger partial charge in [0.05, 0.1) is 11.5 Å². The summed E-state index contributed by atoms with van der Waals surface area (Å²) < 4.78 is 5.42. The quantitative estimate of drug-likeness (QED) is 0.741. The van der Waals surface area contributed by atoms with Crippen molar-refractivity contribution in [3.8, 4) is 5.75 Å². The van der Waals surface area contributed by atoms with E-state index in [1.807, 2.05) is 35.7 Å². The lowest BCUT2D eigenvalue weighted by molar-refractivity contribution is 0.104. The molecule has 1 aromatic heterocycles. The van der Waals surface area contributed by atoms with Crippen molar-refractivity contribution >= 4 is 17.1 Å². The summed E-state index contributed by atoms with van der Waals surface area (Å²) in [4.78, 5) is 12.9. The van der Waals surface area contributed by atoms with Gasteiger partial charge in [-0.1, -0.05) is 6.07 Å². The molecular formula is C13H10O2S. The van der Waals surface area contributed by atoms with Gasteiger partial charge >= 0.3 is 0 Å². The number of hydrogen-bond donors (Lipinski definition) is 0. The van der Waals surface area contributed by atoms with Crippen molar-refractivity contribution in [1.29, 1.82) is 0 Å². The molecule has 2 heterocycles. The third-order valence-corrected chi connectivity index (χ3v) is 3.57. The Hall–Kier alpha value is -1.61. The van der Waals surface area contributed by atoms with Crippen molar-refractivity contribution in [1.82, 2.24) is 0 Å². The smallest absolute Gasteiger partial charge is 0.202 e. The minimum absolute atomic E-state index is 0.102. The monoisotopic (exact) mass is 230 g/mol. The topological polar surface area (TPSA) is 26.3 Å². The number of thiophene rings is 1. The maximum absolute atomic E-state index is 12.1. The number of benzene rings is 1. The number of ether oxygens (including phenoxy) is 1. The molecule has 0 spiro atoms. The van der Waals surface area contributed by atoms with Crippen molar-refractivity contribution in [2.24, 2.45) is 0 Å². The molecule has 0 radical (unpaired) electrons. The lowest BCUT2D eigenvalue weighted by Gasteiger charge is -2.01. The van der Waals surface area contributed by atoms with Gasteiger partial charge in [0.1, 0.15) is 5.75 Å². The van der Waals surface area contributed by atoms with Crippen LogP contribution in [0.15, 0.2) is 35.7 Å². The number of rotatable bonds is 2. The highest BCUT2D eigenvalue weighted by atomic mass is 32.1.